The second-order valence-corrected chi connectivity index (χ2v) is 6.55. The molecule has 0 spiro atoms. The number of rotatable bonds is 6. The van der Waals surface area contributed by atoms with Crippen molar-refractivity contribution in [2.75, 3.05) is 6.61 Å². The normalized spacial score (nSPS) is 12.2. The average molecular weight is 405 g/mol. The van der Waals surface area contributed by atoms with Gasteiger partial charge < -0.3 is 19.9 Å². The lowest BCUT2D eigenvalue weighted by Crippen LogP contribution is -2.46. The van der Waals surface area contributed by atoms with Crippen molar-refractivity contribution in [2.45, 2.75) is 32.4 Å². The molecular formula is C14H17BrN2O7. The van der Waals surface area contributed by atoms with Crippen LogP contribution in [-0.2, 0) is 9.53 Å². The highest BCUT2D eigenvalue weighted by Crippen LogP contribution is 2.34. The Kier molecular flexibility index (Phi) is 6.52. The fourth-order valence-corrected chi connectivity index (χ4v) is 2.08. The second kappa shape index (κ2) is 7.95. The summed E-state index contributed by atoms with van der Waals surface area (Å²) in [6.07, 6.45) is -0.928. The number of hydrogen-bond acceptors (Lipinski definition) is 6. The molecule has 0 unspecified atom stereocenters. The predicted octanol–water partition coefficient (Wildman–Crippen LogP) is 2.71. The fraction of sp³-hybridized carbons (Fsp3) is 0.429. The van der Waals surface area contributed by atoms with Crippen molar-refractivity contribution in [3.8, 4) is 5.75 Å². The summed E-state index contributed by atoms with van der Waals surface area (Å²) in [6, 6.07) is 2.86. The van der Waals surface area contributed by atoms with E-state index in [-0.39, 0.29) is 15.9 Å². The maximum absolute atomic E-state index is 11.6. The lowest BCUT2D eigenvalue weighted by Gasteiger charge is -2.22. The number of carboxylic acid groups (broad SMARTS) is 1. The molecule has 1 rings (SSSR count). The number of nitrogens with one attached hydrogen (secondary N) is 1. The first-order chi connectivity index (χ1) is 11.0. The zero-order valence-electron chi connectivity index (χ0n) is 13.2. The predicted molar refractivity (Wildman–Crippen MR) is 87.1 cm³/mol. The number of nitrogens with zero attached hydrogens (tertiary/aromatic N) is 1. The van der Waals surface area contributed by atoms with E-state index >= 15 is 0 Å². The smallest absolute Gasteiger partial charge is 0.408 e. The van der Waals surface area contributed by atoms with Crippen LogP contribution in [0.15, 0.2) is 22.7 Å². The molecule has 9 nitrogen and oxygen atoms in total. The Morgan fingerprint density at radius 3 is 2.54 bits per heavy atom. The average Bonchev–Trinajstić information content (AvgIpc) is 2.40. The molecule has 0 bridgehead atoms. The Balaban J connectivity index is 2.82. The van der Waals surface area contributed by atoms with Crippen LogP contribution in [0.4, 0.5) is 10.5 Å². The van der Waals surface area contributed by atoms with Gasteiger partial charge in [0.25, 0.3) is 0 Å². The molecule has 0 aliphatic heterocycles. The maximum atomic E-state index is 11.6. The largest absolute Gasteiger partial charge is 0.484 e. The van der Waals surface area contributed by atoms with E-state index < -0.39 is 35.2 Å². The van der Waals surface area contributed by atoms with Gasteiger partial charge >= 0.3 is 17.7 Å². The van der Waals surface area contributed by atoms with Gasteiger partial charge in [-0.15, -0.1) is 0 Å². The minimum absolute atomic E-state index is 0.119. The molecule has 1 amide bonds. The number of benzene rings is 1. The number of hydrogen-bond donors (Lipinski definition) is 2. The number of alkyl carbamates (subject to hydrolysis) is 1. The van der Waals surface area contributed by atoms with Crippen LogP contribution in [0, 0.1) is 10.1 Å². The van der Waals surface area contributed by atoms with Gasteiger partial charge in [0.05, 0.1) is 9.40 Å². The SMILES string of the molecule is CC(C)(C)OC(=O)N[C@@H](COc1cccc(Br)c1[N+](=O)[O-])C(=O)O. The van der Waals surface area contributed by atoms with Crippen LogP contribution in [0.25, 0.3) is 0 Å². The first kappa shape index (κ1) is 19.7. The molecule has 0 radical (unpaired) electrons. The van der Waals surface area contributed by atoms with Gasteiger partial charge in [-0.1, -0.05) is 6.07 Å². The lowest BCUT2D eigenvalue weighted by atomic mass is 10.2. The van der Waals surface area contributed by atoms with Gasteiger partial charge in [0.15, 0.2) is 11.8 Å². The number of aliphatic carboxylic acids is 1. The molecule has 0 saturated carbocycles. The van der Waals surface area contributed by atoms with Crippen molar-refractivity contribution < 1.29 is 29.1 Å². The van der Waals surface area contributed by atoms with E-state index in [2.05, 4.69) is 21.2 Å². The molecular weight excluding hydrogens is 388 g/mol. The molecule has 0 aliphatic rings. The molecule has 0 aliphatic carbocycles. The Labute approximate surface area is 146 Å². The summed E-state index contributed by atoms with van der Waals surface area (Å²) in [7, 11) is 0. The van der Waals surface area contributed by atoms with Crippen molar-refractivity contribution in [3.05, 3.63) is 32.8 Å². The van der Waals surface area contributed by atoms with E-state index in [1.54, 1.807) is 20.8 Å². The van der Waals surface area contributed by atoms with Crippen LogP contribution < -0.4 is 10.1 Å². The molecule has 0 fully saturated rings. The molecule has 2 N–H and O–H groups in total. The van der Waals surface area contributed by atoms with Crippen molar-refractivity contribution >= 4 is 33.7 Å². The summed E-state index contributed by atoms with van der Waals surface area (Å²) in [6.45, 7) is 4.38. The summed E-state index contributed by atoms with van der Waals surface area (Å²) in [5, 5.41) is 22.3. The van der Waals surface area contributed by atoms with Gasteiger partial charge in [-0.25, -0.2) is 9.59 Å². The number of nitro benzene ring substituents is 1. The number of halogens is 1. The number of nitro groups is 1. The van der Waals surface area contributed by atoms with Gasteiger partial charge in [0.1, 0.15) is 12.2 Å². The van der Waals surface area contributed by atoms with Crippen molar-refractivity contribution in [3.63, 3.8) is 0 Å². The highest BCUT2D eigenvalue weighted by atomic mass is 79.9. The van der Waals surface area contributed by atoms with Crippen LogP contribution in [0.5, 0.6) is 5.75 Å². The zero-order valence-corrected chi connectivity index (χ0v) is 14.8. The van der Waals surface area contributed by atoms with Gasteiger partial charge in [-0.2, -0.15) is 0 Å². The Morgan fingerprint density at radius 2 is 2.04 bits per heavy atom. The third kappa shape index (κ3) is 6.03. The summed E-state index contributed by atoms with van der Waals surface area (Å²) in [5.41, 5.74) is -1.13. The number of para-hydroxylation sites is 1. The van der Waals surface area contributed by atoms with Gasteiger partial charge in [0, 0.05) is 0 Å². The van der Waals surface area contributed by atoms with Crippen LogP contribution in [0.2, 0.25) is 0 Å². The molecule has 0 heterocycles. The van der Waals surface area contributed by atoms with Crippen LogP contribution in [0.3, 0.4) is 0 Å². The summed E-state index contributed by atoms with van der Waals surface area (Å²) in [5.74, 6) is -1.48. The van der Waals surface area contributed by atoms with Gasteiger partial charge in [-0.05, 0) is 48.8 Å². The van der Waals surface area contributed by atoms with Gasteiger partial charge in [-0.3, -0.25) is 10.1 Å². The van der Waals surface area contributed by atoms with Crippen LogP contribution >= 0.6 is 15.9 Å². The number of amides is 1. The molecule has 24 heavy (non-hydrogen) atoms. The zero-order chi connectivity index (χ0) is 18.5. The van der Waals surface area contributed by atoms with E-state index in [0.29, 0.717) is 0 Å². The van der Waals surface area contributed by atoms with E-state index in [0.717, 1.165) is 0 Å². The van der Waals surface area contributed by atoms with Gasteiger partial charge in [0.2, 0.25) is 0 Å². The summed E-state index contributed by atoms with van der Waals surface area (Å²) >= 11 is 3.03. The molecule has 1 aromatic carbocycles. The first-order valence-corrected chi connectivity index (χ1v) is 7.58. The molecule has 132 valence electrons. The van der Waals surface area contributed by atoms with E-state index in [1.165, 1.54) is 18.2 Å². The highest BCUT2D eigenvalue weighted by molar-refractivity contribution is 9.10. The Hall–Kier alpha value is -2.36. The minimum Gasteiger partial charge on any atom is -0.484 e. The summed E-state index contributed by atoms with van der Waals surface area (Å²) < 4.78 is 10.4. The number of ether oxygens (including phenoxy) is 2. The Bertz CT molecular complexity index is 643. The van der Waals surface area contributed by atoms with Crippen LogP contribution in [0.1, 0.15) is 20.8 Å². The Morgan fingerprint density at radius 1 is 1.42 bits per heavy atom. The third-order valence-corrected chi connectivity index (χ3v) is 3.17. The fourth-order valence-electron chi connectivity index (χ4n) is 1.59. The quantitative estimate of drug-likeness (QED) is 0.550. The molecule has 1 atom stereocenters. The molecule has 0 aromatic heterocycles. The van der Waals surface area contributed by atoms with E-state index in [9.17, 15) is 19.7 Å². The molecule has 0 saturated heterocycles. The number of carbonyl (C=O) groups is 2. The monoisotopic (exact) mass is 404 g/mol. The third-order valence-electron chi connectivity index (χ3n) is 2.53. The second-order valence-electron chi connectivity index (χ2n) is 5.69. The van der Waals surface area contributed by atoms with E-state index in [1.807, 2.05) is 0 Å². The maximum Gasteiger partial charge on any atom is 0.408 e. The van der Waals surface area contributed by atoms with E-state index in [4.69, 9.17) is 14.6 Å². The molecule has 10 heteroatoms. The van der Waals surface area contributed by atoms with Crippen molar-refractivity contribution in [1.29, 1.82) is 0 Å². The lowest BCUT2D eigenvalue weighted by molar-refractivity contribution is -0.386. The molecule has 1 aromatic rings. The first-order valence-electron chi connectivity index (χ1n) is 6.79. The minimum atomic E-state index is -1.43. The standard InChI is InChI=1S/C14H17BrN2O7/c1-14(2,3)24-13(20)16-9(12(18)19)7-23-10-6-4-5-8(15)11(10)17(21)22/h4-6,9H,7H2,1-3H3,(H,16,20)(H,18,19)/t9-/m0/s1. The van der Waals surface area contributed by atoms with Crippen LogP contribution in [-0.4, -0.2) is 40.3 Å². The van der Waals surface area contributed by atoms with Crippen molar-refractivity contribution in [1.82, 2.24) is 5.32 Å². The number of carboxylic acids is 1. The topological polar surface area (TPSA) is 128 Å². The summed E-state index contributed by atoms with van der Waals surface area (Å²) in [4.78, 5) is 33.2. The highest BCUT2D eigenvalue weighted by Gasteiger charge is 2.26. The van der Waals surface area contributed by atoms with Crippen molar-refractivity contribution in [2.24, 2.45) is 0 Å². The number of carbonyl (C=O) groups excluding carboxylic acids is 1.